The van der Waals surface area contributed by atoms with Gasteiger partial charge in [-0.1, -0.05) is 0 Å². The molecule has 0 spiro atoms. The number of nitrogens with zero attached hydrogens (tertiary/aromatic N) is 3. The maximum Gasteiger partial charge on any atom is 0.309 e. The van der Waals surface area contributed by atoms with E-state index < -0.39 is 11.0 Å². The van der Waals surface area contributed by atoms with Crippen LogP contribution in [0.3, 0.4) is 0 Å². The average molecular weight is 329 g/mol. The van der Waals surface area contributed by atoms with Gasteiger partial charge in [0.2, 0.25) is 0 Å². The van der Waals surface area contributed by atoms with Crippen LogP contribution in [0, 0.1) is 17.0 Å². The number of nitro groups is 1. The zero-order valence-electron chi connectivity index (χ0n) is 13.2. The Kier molecular flexibility index (Phi) is 4.11. The van der Waals surface area contributed by atoms with Crippen molar-refractivity contribution < 1.29 is 19.2 Å². The third-order valence-electron chi connectivity index (χ3n) is 3.64. The molecule has 3 rings (SSSR count). The highest BCUT2D eigenvalue weighted by atomic mass is 16.6. The molecule has 0 radical (unpaired) electrons. The summed E-state index contributed by atoms with van der Waals surface area (Å²) in [4.78, 5) is 30.9. The topological polar surface area (TPSA) is 104 Å². The number of nitro benzene ring substituents is 1. The summed E-state index contributed by atoms with van der Waals surface area (Å²) < 4.78 is 10.8. The maximum atomic E-state index is 11.8. The highest BCUT2D eigenvalue weighted by molar-refractivity contribution is 5.77. The predicted molar refractivity (Wildman–Crippen MR) is 83.5 cm³/mol. The fraction of sp³-hybridized carbons (Fsp3) is 0.312. The molecule has 124 valence electrons. The van der Waals surface area contributed by atoms with Gasteiger partial charge in [0.05, 0.1) is 23.6 Å². The number of esters is 1. The van der Waals surface area contributed by atoms with Crippen molar-refractivity contribution in [3.05, 3.63) is 45.9 Å². The smallest absolute Gasteiger partial charge is 0.309 e. The average Bonchev–Trinajstić information content (AvgIpc) is 2.54. The number of fused-ring (bicyclic) bond motifs is 3. The summed E-state index contributed by atoms with van der Waals surface area (Å²) in [5, 5.41) is 11.0. The molecule has 0 saturated heterocycles. The van der Waals surface area contributed by atoms with Crippen molar-refractivity contribution >= 4 is 11.7 Å². The van der Waals surface area contributed by atoms with Gasteiger partial charge in [-0.15, -0.1) is 0 Å². The number of aryl methyl sites for hydroxylation is 1. The van der Waals surface area contributed by atoms with Crippen LogP contribution in [0.4, 0.5) is 5.69 Å². The standard InChI is InChI=1S/C16H15N3O5/c1-3-23-15(20)7-14-12-8-17-9(2)18-16(12)11-6-10(19(21)22)4-5-13(11)24-14/h4-6,8,14H,3,7H2,1-2H3. The molecule has 1 atom stereocenters. The Bertz CT molecular complexity index is 821. The number of aromatic nitrogens is 2. The maximum absolute atomic E-state index is 11.8. The molecule has 1 aliphatic heterocycles. The van der Waals surface area contributed by atoms with E-state index in [1.165, 1.54) is 18.2 Å². The van der Waals surface area contributed by atoms with Crippen molar-refractivity contribution in [2.45, 2.75) is 26.4 Å². The molecule has 0 N–H and O–H groups in total. The molecule has 0 fully saturated rings. The normalized spacial score (nSPS) is 15.0. The summed E-state index contributed by atoms with van der Waals surface area (Å²) >= 11 is 0. The van der Waals surface area contributed by atoms with Crippen molar-refractivity contribution in [1.29, 1.82) is 0 Å². The van der Waals surface area contributed by atoms with E-state index in [9.17, 15) is 14.9 Å². The second-order valence-corrected chi connectivity index (χ2v) is 5.27. The molecule has 8 nitrogen and oxygen atoms in total. The van der Waals surface area contributed by atoms with Crippen LogP contribution in [0.15, 0.2) is 24.4 Å². The number of hydrogen-bond acceptors (Lipinski definition) is 7. The minimum Gasteiger partial charge on any atom is -0.484 e. The second kappa shape index (κ2) is 6.23. The van der Waals surface area contributed by atoms with Gasteiger partial charge in [0.15, 0.2) is 0 Å². The number of non-ortho nitro benzene ring substituents is 1. The first-order chi connectivity index (χ1) is 11.5. The molecule has 0 bridgehead atoms. The first-order valence-electron chi connectivity index (χ1n) is 7.44. The molecule has 0 saturated carbocycles. The molecule has 24 heavy (non-hydrogen) atoms. The van der Waals surface area contributed by atoms with Crippen LogP contribution in [0.5, 0.6) is 5.75 Å². The molecule has 1 aromatic carbocycles. The van der Waals surface area contributed by atoms with Gasteiger partial charge < -0.3 is 9.47 Å². The Hall–Kier alpha value is -3.03. The fourth-order valence-electron chi connectivity index (χ4n) is 2.59. The second-order valence-electron chi connectivity index (χ2n) is 5.27. The first kappa shape index (κ1) is 15.9. The van der Waals surface area contributed by atoms with Gasteiger partial charge in [-0.2, -0.15) is 0 Å². The first-order valence-corrected chi connectivity index (χ1v) is 7.44. The third-order valence-corrected chi connectivity index (χ3v) is 3.64. The van der Waals surface area contributed by atoms with Crippen LogP contribution in [-0.4, -0.2) is 27.5 Å². The highest BCUT2D eigenvalue weighted by Gasteiger charge is 2.31. The zero-order valence-corrected chi connectivity index (χ0v) is 13.2. The molecule has 0 aliphatic carbocycles. The predicted octanol–water partition coefficient (Wildman–Crippen LogP) is 2.75. The summed E-state index contributed by atoms with van der Waals surface area (Å²) in [5.41, 5.74) is 1.62. The van der Waals surface area contributed by atoms with Gasteiger partial charge >= 0.3 is 5.97 Å². The number of hydrogen-bond donors (Lipinski definition) is 0. The van der Waals surface area contributed by atoms with Gasteiger partial charge in [0.1, 0.15) is 17.7 Å². The lowest BCUT2D eigenvalue weighted by atomic mass is 9.96. The lowest BCUT2D eigenvalue weighted by Gasteiger charge is -2.27. The van der Waals surface area contributed by atoms with Crippen LogP contribution in [0.2, 0.25) is 0 Å². The van der Waals surface area contributed by atoms with Crippen molar-refractivity contribution in [3.8, 4) is 17.0 Å². The molecule has 1 aromatic heterocycles. The number of benzene rings is 1. The van der Waals surface area contributed by atoms with E-state index in [1.807, 2.05) is 0 Å². The molecule has 2 aromatic rings. The van der Waals surface area contributed by atoms with E-state index in [0.29, 0.717) is 28.4 Å². The van der Waals surface area contributed by atoms with Crippen LogP contribution in [0.25, 0.3) is 11.3 Å². The van der Waals surface area contributed by atoms with E-state index in [-0.39, 0.29) is 24.7 Å². The van der Waals surface area contributed by atoms with Crippen LogP contribution < -0.4 is 4.74 Å². The Labute approximate surface area is 137 Å². The van der Waals surface area contributed by atoms with Crippen molar-refractivity contribution in [2.24, 2.45) is 0 Å². The lowest BCUT2D eigenvalue weighted by Crippen LogP contribution is -2.20. The van der Waals surface area contributed by atoms with Gasteiger partial charge in [-0.25, -0.2) is 9.97 Å². The summed E-state index contributed by atoms with van der Waals surface area (Å²) in [6.07, 6.45) is 1.01. The largest absolute Gasteiger partial charge is 0.484 e. The van der Waals surface area contributed by atoms with Crippen LogP contribution in [-0.2, 0) is 9.53 Å². The van der Waals surface area contributed by atoms with Crippen molar-refractivity contribution in [3.63, 3.8) is 0 Å². The summed E-state index contributed by atoms with van der Waals surface area (Å²) in [5.74, 6) is 0.586. The van der Waals surface area contributed by atoms with E-state index in [4.69, 9.17) is 9.47 Å². The molecule has 1 aliphatic rings. The number of carbonyl (C=O) groups is 1. The van der Waals surface area contributed by atoms with Crippen molar-refractivity contribution in [1.82, 2.24) is 9.97 Å². The molecule has 2 heterocycles. The van der Waals surface area contributed by atoms with E-state index in [1.54, 1.807) is 20.0 Å². The van der Waals surface area contributed by atoms with Gasteiger partial charge in [-0.05, 0) is 19.9 Å². The Morgan fingerprint density at radius 3 is 2.96 bits per heavy atom. The minimum absolute atomic E-state index is 0.0175. The molecular weight excluding hydrogens is 314 g/mol. The summed E-state index contributed by atoms with van der Waals surface area (Å²) in [6.45, 7) is 3.74. The number of carbonyl (C=O) groups excluding carboxylic acids is 1. The zero-order chi connectivity index (χ0) is 17.3. The van der Waals surface area contributed by atoms with E-state index >= 15 is 0 Å². The van der Waals surface area contributed by atoms with Crippen LogP contribution in [0.1, 0.15) is 30.8 Å². The van der Waals surface area contributed by atoms with Crippen LogP contribution >= 0.6 is 0 Å². The van der Waals surface area contributed by atoms with Gasteiger partial charge in [-0.3, -0.25) is 14.9 Å². The third kappa shape index (κ3) is 2.90. The lowest BCUT2D eigenvalue weighted by molar-refractivity contribution is -0.384. The summed E-state index contributed by atoms with van der Waals surface area (Å²) in [6, 6.07) is 4.30. The van der Waals surface area contributed by atoms with E-state index in [2.05, 4.69) is 9.97 Å². The Morgan fingerprint density at radius 1 is 1.46 bits per heavy atom. The Balaban J connectivity index is 2.06. The van der Waals surface area contributed by atoms with Gasteiger partial charge in [0.25, 0.3) is 5.69 Å². The highest BCUT2D eigenvalue weighted by Crippen LogP contribution is 2.43. The quantitative estimate of drug-likeness (QED) is 0.482. The Morgan fingerprint density at radius 2 is 2.25 bits per heavy atom. The molecule has 8 heteroatoms. The molecule has 1 unspecified atom stereocenters. The molecular formula is C16H15N3O5. The number of rotatable bonds is 4. The molecule has 0 amide bonds. The van der Waals surface area contributed by atoms with Crippen molar-refractivity contribution in [2.75, 3.05) is 6.61 Å². The van der Waals surface area contributed by atoms with E-state index in [0.717, 1.165) is 0 Å². The summed E-state index contributed by atoms with van der Waals surface area (Å²) in [7, 11) is 0. The number of ether oxygens (including phenoxy) is 2. The fourth-order valence-corrected chi connectivity index (χ4v) is 2.59. The van der Waals surface area contributed by atoms with Gasteiger partial charge in [0, 0.05) is 29.5 Å². The monoisotopic (exact) mass is 329 g/mol. The SMILES string of the molecule is CCOC(=O)CC1Oc2ccc([N+](=O)[O-])cc2-c2nc(C)ncc21. The minimum atomic E-state index is -0.589.